The molecule has 0 amide bonds. The highest BCUT2D eigenvalue weighted by Gasteiger charge is 2.16. The first-order chi connectivity index (χ1) is 22.4. The third kappa shape index (κ3) is 9.55. The highest BCUT2D eigenvalue weighted by Crippen LogP contribution is 2.34. The molecule has 0 heterocycles. The highest BCUT2D eigenvalue weighted by molar-refractivity contribution is 6.00. The molecular formula is C36H32O10. The number of rotatable bonds is 16. The van der Waals surface area contributed by atoms with Crippen molar-refractivity contribution in [3.63, 3.8) is 0 Å². The fourth-order valence-electron chi connectivity index (χ4n) is 4.08. The van der Waals surface area contributed by atoms with Crippen molar-refractivity contribution in [3.8, 4) is 23.0 Å². The van der Waals surface area contributed by atoms with Crippen LogP contribution in [0.25, 0.3) is 10.8 Å². The number of hydrogen-bond acceptors (Lipinski definition) is 10. The lowest BCUT2D eigenvalue weighted by molar-refractivity contribution is -0.138. The van der Waals surface area contributed by atoms with Crippen LogP contribution in [0.3, 0.4) is 0 Å². The van der Waals surface area contributed by atoms with Crippen molar-refractivity contribution in [3.05, 3.63) is 121 Å². The number of benzene rings is 4. The van der Waals surface area contributed by atoms with E-state index in [1.807, 2.05) is 0 Å². The molecule has 0 N–H and O–H groups in total. The minimum Gasteiger partial charge on any atom is -0.493 e. The highest BCUT2D eigenvalue weighted by atomic mass is 16.5. The van der Waals surface area contributed by atoms with Crippen LogP contribution < -0.4 is 18.9 Å². The lowest BCUT2D eigenvalue weighted by Gasteiger charge is -2.12. The largest absolute Gasteiger partial charge is 0.493 e. The maximum absolute atomic E-state index is 12.9. The molecule has 0 saturated carbocycles. The van der Waals surface area contributed by atoms with Gasteiger partial charge in [0.25, 0.3) is 0 Å². The molecule has 0 aliphatic carbocycles. The van der Waals surface area contributed by atoms with Gasteiger partial charge in [0.15, 0.2) is 0 Å². The van der Waals surface area contributed by atoms with E-state index >= 15 is 0 Å². The summed E-state index contributed by atoms with van der Waals surface area (Å²) in [6, 6.07) is 23.2. The normalized spacial score (nSPS) is 10.3. The predicted octanol–water partition coefficient (Wildman–Crippen LogP) is 6.27. The topological polar surface area (TPSA) is 124 Å². The van der Waals surface area contributed by atoms with Crippen molar-refractivity contribution in [2.45, 2.75) is 12.8 Å². The summed E-state index contributed by atoms with van der Waals surface area (Å²) in [6.07, 6.45) is 3.20. The Hall–Kier alpha value is -5.90. The van der Waals surface area contributed by atoms with Gasteiger partial charge in [-0.25, -0.2) is 19.2 Å². The van der Waals surface area contributed by atoms with Gasteiger partial charge < -0.3 is 28.4 Å². The molecule has 4 aromatic carbocycles. The Morgan fingerprint density at radius 1 is 0.522 bits per heavy atom. The first-order valence-electron chi connectivity index (χ1n) is 14.4. The van der Waals surface area contributed by atoms with E-state index in [0.29, 0.717) is 71.0 Å². The Morgan fingerprint density at radius 3 is 1.28 bits per heavy atom. The zero-order valence-electron chi connectivity index (χ0n) is 25.0. The third-order valence-corrected chi connectivity index (χ3v) is 6.37. The summed E-state index contributed by atoms with van der Waals surface area (Å²) in [5.74, 6) is -0.412. The van der Waals surface area contributed by atoms with Gasteiger partial charge in [0, 0.05) is 35.8 Å². The molecule has 0 aliphatic rings. The van der Waals surface area contributed by atoms with Gasteiger partial charge >= 0.3 is 23.9 Å². The second kappa shape index (κ2) is 16.8. The third-order valence-electron chi connectivity index (χ3n) is 6.37. The van der Waals surface area contributed by atoms with E-state index in [1.54, 1.807) is 84.9 Å². The van der Waals surface area contributed by atoms with Crippen LogP contribution in [0.2, 0.25) is 0 Å². The molecule has 0 fully saturated rings. The summed E-state index contributed by atoms with van der Waals surface area (Å²) in [5.41, 5.74) is 0.630. The van der Waals surface area contributed by atoms with Crippen LogP contribution in [0, 0.1) is 0 Å². The van der Waals surface area contributed by atoms with Crippen molar-refractivity contribution in [2.24, 2.45) is 0 Å². The van der Waals surface area contributed by atoms with Crippen LogP contribution in [0.5, 0.6) is 23.0 Å². The second-order valence-electron chi connectivity index (χ2n) is 9.58. The molecular weight excluding hydrogens is 592 g/mol. The van der Waals surface area contributed by atoms with Gasteiger partial charge in [0.2, 0.25) is 0 Å². The fourth-order valence-corrected chi connectivity index (χ4v) is 4.08. The van der Waals surface area contributed by atoms with Gasteiger partial charge in [0.05, 0.1) is 37.6 Å². The van der Waals surface area contributed by atoms with Crippen molar-refractivity contribution in [1.82, 2.24) is 0 Å². The molecule has 236 valence electrons. The van der Waals surface area contributed by atoms with Crippen LogP contribution in [-0.2, 0) is 19.1 Å². The quantitative estimate of drug-likeness (QED) is 0.0609. The maximum Gasteiger partial charge on any atom is 0.343 e. The number of hydrogen-bond donors (Lipinski definition) is 0. The first-order valence-corrected chi connectivity index (χ1v) is 14.4. The molecule has 0 aliphatic heterocycles. The zero-order valence-corrected chi connectivity index (χ0v) is 25.0. The van der Waals surface area contributed by atoms with Crippen molar-refractivity contribution in [1.29, 1.82) is 0 Å². The number of esters is 4. The van der Waals surface area contributed by atoms with Crippen molar-refractivity contribution < 1.29 is 47.6 Å². The van der Waals surface area contributed by atoms with Crippen LogP contribution in [0.15, 0.2) is 110 Å². The Labute approximate surface area is 265 Å². The van der Waals surface area contributed by atoms with E-state index in [4.69, 9.17) is 28.4 Å². The Kier molecular flexibility index (Phi) is 12.1. The smallest absolute Gasteiger partial charge is 0.343 e. The number of fused-ring (bicyclic) bond motifs is 1. The maximum atomic E-state index is 12.9. The molecule has 0 atom stereocenters. The number of ether oxygens (including phenoxy) is 6. The minimum atomic E-state index is -0.571. The molecule has 0 saturated heterocycles. The predicted molar refractivity (Wildman–Crippen MR) is 169 cm³/mol. The van der Waals surface area contributed by atoms with Gasteiger partial charge in [-0.15, -0.1) is 0 Å². The van der Waals surface area contributed by atoms with E-state index in [-0.39, 0.29) is 13.2 Å². The van der Waals surface area contributed by atoms with Crippen molar-refractivity contribution in [2.75, 3.05) is 26.4 Å². The number of carbonyl (C=O) groups excluding carboxylic acids is 4. The fraction of sp³-hybridized carbons (Fsp3) is 0.167. The number of carbonyl (C=O) groups is 4. The van der Waals surface area contributed by atoms with Crippen LogP contribution in [-0.4, -0.2) is 50.3 Å². The van der Waals surface area contributed by atoms with Gasteiger partial charge in [-0.05, 0) is 60.7 Å². The molecule has 0 aromatic heterocycles. The van der Waals surface area contributed by atoms with Crippen LogP contribution in [0.4, 0.5) is 0 Å². The monoisotopic (exact) mass is 624 g/mol. The van der Waals surface area contributed by atoms with E-state index in [9.17, 15) is 19.2 Å². The van der Waals surface area contributed by atoms with E-state index in [2.05, 4.69) is 13.2 Å². The Bertz CT molecular complexity index is 1560. The minimum absolute atomic E-state index is 0.212. The van der Waals surface area contributed by atoms with E-state index in [0.717, 1.165) is 12.2 Å². The summed E-state index contributed by atoms with van der Waals surface area (Å²) in [4.78, 5) is 48.0. The summed E-state index contributed by atoms with van der Waals surface area (Å²) >= 11 is 0. The molecule has 0 radical (unpaired) electrons. The Balaban J connectivity index is 1.33. The molecule has 4 rings (SSSR count). The standard InChI is InChI=1S/C36H32O10/c1-3-33(37)43-23-7-21-41-27-15-11-25(12-16-27)35(39)45-31-19-20-32(30-10-6-5-9-29(30)31)46-36(40)26-13-17-28(18-14-26)42-22-8-24-44-34(38)4-2/h3-6,9-20H,1-2,7-8,21-24H2. The molecule has 4 aromatic rings. The first kappa shape index (κ1) is 33.0. The molecule has 10 nitrogen and oxygen atoms in total. The molecule has 46 heavy (non-hydrogen) atoms. The van der Waals surface area contributed by atoms with Crippen LogP contribution >= 0.6 is 0 Å². The van der Waals surface area contributed by atoms with Crippen LogP contribution in [0.1, 0.15) is 33.6 Å². The average Bonchev–Trinajstić information content (AvgIpc) is 3.09. The van der Waals surface area contributed by atoms with Gasteiger partial charge in [-0.2, -0.15) is 0 Å². The molecule has 10 heteroatoms. The lowest BCUT2D eigenvalue weighted by Crippen LogP contribution is -2.11. The second-order valence-corrected chi connectivity index (χ2v) is 9.58. The van der Waals surface area contributed by atoms with Gasteiger partial charge in [-0.1, -0.05) is 37.4 Å². The molecule has 0 bridgehead atoms. The lowest BCUT2D eigenvalue weighted by atomic mass is 10.1. The SMILES string of the molecule is C=CC(=O)OCCCOc1ccc(C(=O)Oc2ccc(OC(=O)c3ccc(OCCCOC(=O)C=C)cc3)c3ccccc23)cc1. The summed E-state index contributed by atoms with van der Waals surface area (Å²) < 4.78 is 32.4. The van der Waals surface area contributed by atoms with E-state index in [1.165, 1.54) is 0 Å². The van der Waals surface area contributed by atoms with E-state index < -0.39 is 23.9 Å². The summed E-state index contributed by atoms with van der Waals surface area (Å²) in [7, 11) is 0. The molecule has 0 spiro atoms. The molecule has 0 unspecified atom stereocenters. The van der Waals surface area contributed by atoms with Gasteiger partial charge in [-0.3, -0.25) is 0 Å². The van der Waals surface area contributed by atoms with Gasteiger partial charge in [0.1, 0.15) is 23.0 Å². The summed E-state index contributed by atoms with van der Waals surface area (Å²) in [6.45, 7) is 7.76. The van der Waals surface area contributed by atoms with Crippen molar-refractivity contribution >= 4 is 34.6 Å². The zero-order chi connectivity index (χ0) is 32.7. The summed E-state index contributed by atoms with van der Waals surface area (Å²) in [5, 5.41) is 1.17. The Morgan fingerprint density at radius 2 is 0.913 bits per heavy atom. The average molecular weight is 625 g/mol.